The highest BCUT2D eigenvalue weighted by atomic mass is 16.4. The summed E-state index contributed by atoms with van der Waals surface area (Å²) in [5.41, 5.74) is 0.358. The zero-order chi connectivity index (χ0) is 21.8. The molecule has 10 atom stereocenters. The Morgan fingerprint density at radius 2 is 1.73 bits per heavy atom. The molecule has 0 aliphatic heterocycles. The SMILES string of the molecule is CC[C@H]1C(=O)C2C3CCC([C@@H](C)CCC(=O)O)[C@@]3(C)CCC2[C@@]2(C)CC[C@@H](O)CC12. The number of fused-ring (bicyclic) bond motifs is 5. The number of carboxylic acids is 1. The molecule has 0 aromatic rings. The van der Waals surface area contributed by atoms with Gasteiger partial charge < -0.3 is 10.2 Å². The van der Waals surface area contributed by atoms with Gasteiger partial charge in [0.1, 0.15) is 5.78 Å². The van der Waals surface area contributed by atoms with Gasteiger partial charge in [0, 0.05) is 18.3 Å². The third-order valence-corrected chi connectivity index (χ3v) is 10.7. The van der Waals surface area contributed by atoms with Crippen LogP contribution >= 0.6 is 0 Å². The zero-order valence-electron chi connectivity index (χ0n) is 19.4. The van der Waals surface area contributed by atoms with Crippen molar-refractivity contribution in [1.82, 2.24) is 0 Å². The van der Waals surface area contributed by atoms with Crippen molar-refractivity contribution < 1.29 is 19.8 Å². The number of Topliss-reactive ketones (excluding diaryl/α,β-unsaturated/α-hetero) is 1. The van der Waals surface area contributed by atoms with Gasteiger partial charge in [-0.2, -0.15) is 0 Å². The fourth-order valence-corrected chi connectivity index (χ4v) is 9.16. The summed E-state index contributed by atoms with van der Waals surface area (Å²) in [6, 6.07) is 0. The van der Waals surface area contributed by atoms with Gasteiger partial charge in [0.15, 0.2) is 0 Å². The van der Waals surface area contributed by atoms with Gasteiger partial charge in [0.05, 0.1) is 6.10 Å². The van der Waals surface area contributed by atoms with Crippen LogP contribution in [0.1, 0.15) is 91.9 Å². The molecule has 4 rings (SSSR count). The molecule has 4 nitrogen and oxygen atoms in total. The molecule has 0 bridgehead atoms. The molecule has 0 heterocycles. The first-order chi connectivity index (χ1) is 14.1. The number of aliphatic hydroxyl groups is 1. The number of hydrogen-bond acceptors (Lipinski definition) is 3. The first-order valence-corrected chi connectivity index (χ1v) is 12.6. The normalized spacial score (nSPS) is 49.1. The van der Waals surface area contributed by atoms with Crippen molar-refractivity contribution in [3.8, 4) is 0 Å². The molecule has 4 aliphatic rings. The quantitative estimate of drug-likeness (QED) is 0.633. The van der Waals surface area contributed by atoms with Crippen LogP contribution in [0.3, 0.4) is 0 Å². The molecule has 0 amide bonds. The smallest absolute Gasteiger partial charge is 0.303 e. The molecule has 0 radical (unpaired) electrons. The molecule has 4 saturated carbocycles. The summed E-state index contributed by atoms with van der Waals surface area (Å²) >= 11 is 0. The lowest BCUT2D eigenvalue weighted by atomic mass is 9.42. The Morgan fingerprint density at radius 3 is 2.40 bits per heavy atom. The summed E-state index contributed by atoms with van der Waals surface area (Å²) in [4.78, 5) is 25.0. The first kappa shape index (κ1) is 22.3. The summed E-state index contributed by atoms with van der Waals surface area (Å²) in [5, 5.41) is 19.5. The van der Waals surface area contributed by atoms with Crippen LogP contribution in [0.15, 0.2) is 0 Å². The number of carbonyl (C=O) groups excluding carboxylic acids is 1. The molecule has 2 N–H and O–H groups in total. The van der Waals surface area contributed by atoms with Crippen molar-refractivity contribution >= 4 is 11.8 Å². The summed E-state index contributed by atoms with van der Waals surface area (Å²) in [5.74, 6) is 2.31. The van der Waals surface area contributed by atoms with E-state index in [1.807, 2.05) is 0 Å². The zero-order valence-corrected chi connectivity index (χ0v) is 19.4. The van der Waals surface area contributed by atoms with E-state index in [4.69, 9.17) is 5.11 Å². The van der Waals surface area contributed by atoms with E-state index in [-0.39, 0.29) is 35.2 Å². The Bertz CT molecular complexity index is 689. The van der Waals surface area contributed by atoms with E-state index < -0.39 is 5.97 Å². The first-order valence-electron chi connectivity index (χ1n) is 12.6. The van der Waals surface area contributed by atoms with Gasteiger partial charge in [-0.25, -0.2) is 0 Å². The van der Waals surface area contributed by atoms with Crippen LogP contribution < -0.4 is 0 Å². The van der Waals surface area contributed by atoms with Crippen LogP contribution in [-0.4, -0.2) is 28.1 Å². The molecule has 4 fully saturated rings. The Labute approximate surface area is 182 Å². The van der Waals surface area contributed by atoms with Crippen molar-refractivity contribution in [3.05, 3.63) is 0 Å². The van der Waals surface area contributed by atoms with Crippen molar-refractivity contribution in [2.75, 3.05) is 0 Å². The van der Waals surface area contributed by atoms with Gasteiger partial charge >= 0.3 is 5.97 Å². The van der Waals surface area contributed by atoms with Crippen LogP contribution in [0.5, 0.6) is 0 Å². The second-order valence-electron chi connectivity index (χ2n) is 11.8. The summed E-state index contributed by atoms with van der Waals surface area (Å²) in [7, 11) is 0. The topological polar surface area (TPSA) is 74.6 Å². The third kappa shape index (κ3) is 3.27. The Kier molecular flexibility index (Phi) is 5.87. The van der Waals surface area contributed by atoms with E-state index in [2.05, 4.69) is 27.7 Å². The highest BCUT2D eigenvalue weighted by Gasteiger charge is 2.65. The highest BCUT2D eigenvalue weighted by molar-refractivity contribution is 5.86. The number of carbonyl (C=O) groups is 2. The standard InChI is InChI=1S/C26H42O4/c1-5-17-21-14-16(27)10-12-26(21,4)20-11-13-25(3)18(15(2)6-9-22(28)29)7-8-19(25)23(20)24(17)30/h15-21,23,27H,5-14H2,1-4H3,(H,28,29)/t15-,16+,17+,18?,19?,20?,21?,23?,25+,26+/m0/s1. The average molecular weight is 419 g/mol. The molecule has 4 aliphatic carbocycles. The van der Waals surface area contributed by atoms with Crippen LogP contribution in [-0.2, 0) is 9.59 Å². The Hall–Kier alpha value is -0.900. The second-order valence-corrected chi connectivity index (χ2v) is 11.8. The molecule has 0 aromatic carbocycles. The molecule has 170 valence electrons. The number of ketones is 1. The lowest BCUT2D eigenvalue weighted by molar-refractivity contribution is -0.173. The third-order valence-electron chi connectivity index (χ3n) is 10.7. The van der Waals surface area contributed by atoms with Gasteiger partial charge in [-0.05, 0) is 98.2 Å². The predicted octanol–water partition coefficient (Wildman–Crippen LogP) is 5.32. The van der Waals surface area contributed by atoms with E-state index >= 15 is 0 Å². The largest absolute Gasteiger partial charge is 0.481 e. The van der Waals surface area contributed by atoms with Gasteiger partial charge in [0.2, 0.25) is 0 Å². The van der Waals surface area contributed by atoms with Crippen molar-refractivity contribution in [1.29, 1.82) is 0 Å². The lowest BCUT2D eigenvalue weighted by Crippen LogP contribution is -2.60. The molecular formula is C26H42O4. The Balaban J connectivity index is 1.62. The molecular weight excluding hydrogens is 376 g/mol. The fourth-order valence-electron chi connectivity index (χ4n) is 9.16. The van der Waals surface area contributed by atoms with Crippen LogP contribution in [0.4, 0.5) is 0 Å². The van der Waals surface area contributed by atoms with Gasteiger partial charge in [-0.15, -0.1) is 0 Å². The second kappa shape index (κ2) is 7.90. The minimum absolute atomic E-state index is 0.108. The highest BCUT2D eigenvalue weighted by Crippen LogP contribution is 2.68. The van der Waals surface area contributed by atoms with E-state index in [1.165, 1.54) is 6.42 Å². The van der Waals surface area contributed by atoms with Crippen molar-refractivity contribution in [2.24, 2.45) is 52.3 Å². The van der Waals surface area contributed by atoms with E-state index in [1.54, 1.807) is 0 Å². The van der Waals surface area contributed by atoms with Gasteiger partial charge in [-0.3, -0.25) is 9.59 Å². The van der Waals surface area contributed by atoms with Crippen molar-refractivity contribution in [2.45, 2.75) is 98.0 Å². The summed E-state index contributed by atoms with van der Waals surface area (Å²) in [6.07, 6.45) is 9.01. The molecule has 30 heavy (non-hydrogen) atoms. The number of rotatable bonds is 5. The van der Waals surface area contributed by atoms with E-state index in [0.29, 0.717) is 35.4 Å². The van der Waals surface area contributed by atoms with Gasteiger partial charge in [-0.1, -0.05) is 27.7 Å². The van der Waals surface area contributed by atoms with Crippen LogP contribution in [0, 0.1) is 52.3 Å². The number of aliphatic hydroxyl groups excluding tert-OH is 1. The predicted molar refractivity (Wildman–Crippen MR) is 117 cm³/mol. The minimum Gasteiger partial charge on any atom is -0.481 e. The van der Waals surface area contributed by atoms with Crippen molar-refractivity contribution in [3.63, 3.8) is 0 Å². The maximum absolute atomic E-state index is 13.9. The number of aliphatic carboxylic acids is 1. The summed E-state index contributed by atoms with van der Waals surface area (Å²) in [6.45, 7) is 9.28. The van der Waals surface area contributed by atoms with Crippen LogP contribution in [0.25, 0.3) is 0 Å². The molecule has 0 saturated heterocycles. The van der Waals surface area contributed by atoms with Gasteiger partial charge in [0.25, 0.3) is 0 Å². The summed E-state index contributed by atoms with van der Waals surface area (Å²) < 4.78 is 0. The fraction of sp³-hybridized carbons (Fsp3) is 0.923. The maximum atomic E-state index is 13.9. The molecule has 4 heteroatoms. The minimum atomic E-state index is -0.697. The molecule has 0 aromatic heterocycles. The van der Waals surface area contributed by atoms with E-state index in [9.17, 15) is 14.7 Å². The number of hydrogen-bond donors (Lipinski definition) is 2. The van der Waals surface area contributed by atoms with E-state index in [0.717, 1.165) is 51.4 Å². The monoisotopic (exact) mass is 418 g/mol. The van der Waals surface area contributed by atoms with Crippen LogP contribution in [0.2, 0.25) is 0 Å². The maximum Gasteiger partial charge on any atom is 0.303 e. The number of carboxylic acid groups (broad SMARTS) is 1. The lowest BCUT2D eigenvalue weighted by Gasteiger charge is -2.62. The Morgan fingerprint density at radius 1 is 1.07 bits per heavy atom. The average Bonchev–Trinajstić information content (AvgIpc) is 3.05. The molecule has 5 unspecified atom stereocenters. The molecule has 0 spiro atoms.